The topological polar surface area (TPSA) is 31.2 Å². The fraction of sp³-hybridized carbons (Fsp3) is 0.267. The summed E-state index contributed by atoms with van der Waals surface area (Å²) >= 11 is 3.24. The molecule has 0 fully saturated rings. The molecule has 0 saturated heterocycles. The van der Waals surface area contributed by atoms with Gasteiger partial charge in [0.05, 0.1) is 6.61 Å². The molecule has 0 amide bonds. The van der Waals surface area contributed by atoms with Crippen molar-refractivity contribution in [2.45, 2.75) is 20.4 Å². The number of halogens is 1. The molecule has 5 heteroatoms. The second-order valence-corrected chi connectivity index (χ2v) is 4.85. The molecule has 20 heavy (non-hydrogen) atoms. The molecule has 0 saturated carbocycles. The molecule has 2 aromatic rings. The molecule has 0 N–H and O–H groups in total. The maximum absolute atomic E-state index is 12.0. The first-order chi connectivity index (χ1) is 9.17. The van der Waals surface area contributed by atoms with Crippen LogP contribution in [-0.4, -0.2) is 11.2 Å². The average molecular weight is 410 g/mol. The summed E-state index contributed by atoms with van der Waals surface area (Å²) in [5.41, 5.74) is 1.71. The number of rotatable bonds is 4. The van der Waals surface area contributed by atoms with Gasteiger partial charge in [0.1, 0.15) is 5.75 Å². The fourth-order valence-corrected chi connectivity index (χ4v) is 2.25. The normalized spacial score (nSPS) is 9.95. The standard InChI is InChI=1S/C15H15BrNO2.Y/c1-3-17-14(10-9-13(16)15(17)18)11-5-7-12(8-6-11)19-4-2;/h5-9H,3-4H2,1-2H3;/q-1;. The van der Waals surface area contributed by atoms with Crippen molar-refractivity contribution in [1.82, 2.24) is 4.57 Å². The van der Waals surface area contributed by atoms with Crippen molar-refractivity contribution in [2.75, 3.05) is 6.61 Å². The molecular formula is C15H15BrNO2Y-. The molecule has 2 rings (SSSR count). The van der Waals surface area contributed by atoms with Crippen molar-refractivity contribution < 1.29 is 37.4 Å². The second kappa shape index (κ2) is 8.11. The van der Waals surface area contributed by atoms with Gasteiger partial charge in [0, 0.05) is 39.3 Å². The summed E-state index contributed by atoms with van der Waals surface area (Å²) in [4.78, 5) is 12.0. The maximum Gasteiger partial charge on any atom is 0.208 e. The van der Waals surface area contributed by atoms with E-state index in [9.17, 15) is 4.79 Å². The molecule has 0 bridgehead atoms. The zero-order valence-corrected chi connectivity index (χ0v) is 15.9. The molecule has 0 spiro atoms. The summed E-state index contributed by atoms with van der Waals surface area (Å²) in [5, 5.41) is 0. The van der Waals surface area contributed by atoms with Gasteiger partial charge in [0.15, 0.2) is 0 Å². The Bertz CT molecular complexity index is 623. The third-order valence-corrected chi connectivity index (χ3v) is 3.38. The van der Waals surface area contributed by atoms with Crippen molar-refractivity contribution in [1.29, 1.82) is 0 Å². The third kappa shape index (κ3) is 3.81. The van der Waals surface area contributed by atoms with Crippen molar-refractivity contribution in [3.8, 4) is 17.0 Å². The van der Waals surface area contributed by atoms with Crippen LogP contribution in [0.25, 0.3) is 11.3 Å². The van der Waals surface area contributed by atoms with Gasteiger partial charge in [-0.25, -0.2) is 0 Å². The minimum atomic E-state index is -0.0369. The van der Waals surface area contributed by atoms with Crippen LogP contribution in [0.15, 0.2) is 39.6 Å². The van der Waals surface area contributed by atoms with Gasteiger partial charge in [0.2, 0.25) is 5.56 Å². The zero-order valence-electron chi connectivity index (χ0n) is 11.5. The SMILES string of the molecule is CCOc1ccc(-c2[c-]cc(Br)c(=O)n2CC)cc1.[Y]. The van der Waals surface area contributed by atoms with Gasteiger partial charge in [-0.1, -0.05) is 11.3 Å². The first-order valence-corrected chi connectivity index (χ1v) is 7.01. The van der Waals surface area contributed by atoms with Gasteiger partial charge in [-0.3, -0.25) is 4.79 Å². The molecule has 1 aromatic heterocycles. The van der Waals surface area contributed by atoms with Gasteiger partial charge in [-0.15, -0.1) is 28.1 Å². The van der Waals surface area contributed by atoms with E-state index in [0.717, 1.165) is 17.0 Å². The quantitative estimate of drug-likeness (QED) is 0.723. The van der Waals surface area contributed by atoms with E-state index in [2.05, 4.69) is 22.0 Å². The van der Waals surface area contributed by atoms with Crippen LogP contribution < -0.4 is 10.3 Å². The summed E-state index contributed by atoms with van der Waals surface area (Å²) < 4.78 is 7.64. The predicted molar refractivity (Wildman–Crippen MR) is 79.5 cm³/mol. The molecule has 0 atom stereocenters. The van der Waals surface area contributed by atoms with Crippen molar-refractivity contribution in [3.05, 3.63) is 51.2 Å². The van der Waals surface area contributed by atoms with Crippen LogP contribution in [0.2, 0.25) is 0 Å². The number of hydrogen-bond acceptors (Lipinski definition) is 2. The molecule has 0 unspecified atom stereocenters. The van der Waals surface area contributed by atoms with Crippen LogP contribution >= 0.6 is 15.9 Å². The summed E-state index contributed by atoms with van der Waals surface area (Å²) in [5.74, 6) is 0.828. The molecule has 3 nitrogen and oxygen atoms in total. The largest absolute Gasteiger partial charge is 0.494 e. The molecule has 1 heterocycles. The molecule has 1 radical (unpaired) electrons. The summed E-state index contributed by atoms with van der Waals surface area (Å²) in [7, 11) is 0. The average Bonchev–Trinajstić information content (AvgIpc) is 2.43. The summed E-state index contributed by atoms with van der Waals surface area (Å²) in [6.45, 7) is 5.14. The second-order valence-electron chi connectivity index (χ2n) is 3.99. The Hall–Kier alpha value is -0.446. The summed E-state index contributed by atoms with van der Waals surface area (Å²) in [6.07, 6.45) is 0. The van der Waals surface area contributed by atoms with Gasteiger partial charge in [-0.05, 0) is 30.5 Å². The van der Waals surface area contributed by atoms with E-state index in [4.69, 9.17) is 4.74 Å². The number of pyridine rings is 1. The third-order valence-electron chi connectivity index (χ3n) is 2.81. The number of benzene rings is 1. The number of aromatic nitrogens is 1. The van der Waals surface area contributed by atoms with Crippen LogP contribution in [0.5, 0.6) is 5.75 Å². The minimum absolute atomic E-state index is 0. The van der Waals surface area contributed by atoms with Crippen LogP contribution in [0, 0.1) is 6.07 Å². The van der Waals surface area contributed by atoms with Crippen molar-refractivity contribution in [3.63, 3.8) is 0 Å². The Morgan fingerprint density at radius 1 is 1.25 bits per heavy atom. The van der Waals surface area contributed by atoms with E-state index in [1.54, 1.807) is 10.6 Å². The Kier molecular flexibility index (Phi) is 7.14. The van der Waals surface area contributed by atoms with Gasteiger partial charge >= 0.3 is 0 Å². The van der Waals surface area contributed by atoms with Crippen molar-refractivity contribution >= 4 is 15.9 Å². The van der Waals surface area contributed by atoms with Gasteiger partial charge in [0.25, 0.3) is 0 Å². The van der Waals surface area contributed by atoms with E-state index in [-0.39, 0.29) is 38.3 Å². The first-order valence-electron chi connectivity index (χ1n) is 6.21. The molecule has 103 valence electrons. The molecular weight excluding hydrogens is 395 g/mol. The zero-order chi connectivity index (χ0) is 13.8. The number of ether oxygens (including phenoxy) is 1. The molecule has 0 aliphatic heterocycles. The Labute approximate surface area is 152 Å². The fourth-order valence-electron chi connectivity index (χ4n) is 1.92. The van der Waals surface area contributed by atoms with E-state index in [1.165, 1.54) is 0 Å². The van der Waals surface area contributed by atoms with E-state index >= 15 is 0 Å². The van der Waals surface area contributed by atoms with Crippen molar-refractivity contribution in [2.24, 2.45) is 0 Å². The van der Waals surface area contributed by atoms with Gasteiger partial charge < -0.3 is 9.30 Å². The maximum atomic E-state index is 12.0. The van der Waals surface area contributed by atoms with E-state index in [0.29, 0.717) is 17.6 Å². The van der Waals surface area contributed by atoms with E-state index < -0.39 is 0 Å². The Morgan fingerprint density at radius 3 is 2.45 bits per heavy atom. The monoisotopic (exact) mass is 409 g/mol. The molecule has 0 aliphatic rings. The van der Waals surface area contributed by atoms with E-state index in [1.807, 2.05) is 38.1 Å². The predicted octanol–water partition coefficient (Wildman–Crippen LogP) is 3.49. The smallest absolute Gasteiger partial charge is 0.208 e. The Morgan fingerprint density at radius 2 is 1.90 bits per heavy atom. The van der Waals surface area contributed by atoms with Crippen LogP contribution in [0.1, 0.15) is 13.8 Å². The first kappa shape index (κ1) is 17.6. The minimum Gasteiger partial charge on any atom is -0.494 e. The number of hydrogen-bond donors (Lipinski definition) is 0. The summed E-state index contributed by atoms with van der Waals surface area (Å²) in [6, 6.07) is 12.5. The molecule has 0 aliphatic carbocycles. The van der Waals surface area contributed by atoms with Crippen LogP contribution in [0.3, 0.4) is 0 Å². The van der Waals surface area contributed by atoms with Crippen LogP contribution in [0.4, 0.5) is 0 Å². The van der Waals surface area contributed by atoms with Crippen LogP contribution in [-0.2, 0) is 39.3 Å². The Balaban J connectivity index is 0.00000200. The number of nitrogens with zero attached hydrogens (tertiary/aromatic N) is 1. The van der Waals surface area contributed by atoms with Gasteiger partial charge in [-0.2, -0.15) is 12.1 Å². The molecule has 1 aromatic carbocycles.